The summed E-state index contributed by atoms with van der Waals surface area (Å²) in [5.74, 6) is -2.00. The Labute approximate surface area is 185 Å². The number of rotatable bonds is 7. The van der Waals surface area contributed by atoms with E-state index in [-0.39, 0.29) is 28.5 Å². The fourth-order valence-electron chi connectivity index (χ4n) is 3.52. The quantitative estimate of drug-likeness (QED) is 0.397. The SMILES string of the molecule is CCOc1ccc(/C(O)=C2/C(=O)C(=O)N(CCN(C)C)C2c2cccc(F)c2)cc1Cl. The number of halogens is 2. The highest BCUT2D eigenvalue weighted by Crippen LogP contribution is 2.40. The molecule has 8 heteroatoms. The lowest BCUT2D eigenvalue weighted by atomic mass is 9.95. The smallest absolute Gasteiger partial charge is 0.295 e. The normalized spacial score (nSPS) is 18.1. The predicted octanol–water partition coefficient (Wildman–Crippen LogP) is 3.86. The predicted molar refractivity (Wildman–Crippen MR) is 117 cm³/mol. The van der Waals surface area contributed by atoms with Crippen LogP contribution >= 0.6 is 11.6 Å². The number of ether oxygens (including phenoxy) is 1. The monoisotopic (exact) mass is 446 g/mol. The molecule has 31 heavy (non-hydrogen) atoms. The molecule has 1 saturated heterocycles. The van der Waals surface area contributed by atoms with E-state index in [2.05, 4.69) is 0 Å². The molecule has 1 aliphatic heterocycles. The van der Waals surface area contributed by atoms with Gasteiger partial charge >= 0.3 is 0 Å². The second kappa shape index (κ2) is 9.49. The molecule has 6 nitrogen and oxygen atoms in total. The number of likely N-dealkylation sites (tertiary alicyclic amines) is 1. The first-order chi connectivity index (χ1) is 14.7. The number of amides is 1. The second-order valence-electron chi connectivity index (χ2n) is 7.43. The number of Topliss-reactive ketones (excluding diaryl/α,β-unsaturated/α-hetero) is 1. The van der Waals surface area contributed by atoms with Gasteiger partial charge in [0.1, 0.15) is 17.3 Å². The van der Waals surface area contributed by atoms with Crippen LogP contribution in [-0.4, -0.2) is 60.4 Å². The standard InChI is InChI=1S/C23H24ClFN2O4/c1-4-31-18-9-8-15(13-17(18)24)21(28)19-20(14-6-5-7-16(25)12-14)27(11-10-26(2)3)23(30)22(19)29/h5-9,12-13,20,28H,4,10-11H2,1-3H3/b21-19-. The van der Waals surface area contributed by atoms with Crippen molar-refractivity contribution in [1.82, 2.24) is 9.80 Å². The number of aliphatic hydroxyl groups is 1. The Morgan fingerprint density at radius 2 is 1.97 bits per heavy atom. The lowest BCUT2D eigenvalue weighted by Gasteiger charge is -2.26. The molecule has 0 aromatic heterocycles. The molecule has 164 valence electrons. The van der Waals surface area contributed by atoms with Crippen molar-refractivity contribution in [1.29, 1.82) is 0 Å². The molecule has 1 heterocycles. The van der Waals surface area contributed by atoms with Crippen molar-refractivity contribution in [3.05, 3.63) is 70.0 Å². The molecular weight excluding hydrogens is 423 g/mol. The third kappa shape index (κ3) is 4.73. The van der Waals surface area contributed by atoms with E-state index in [0.717, 1.165) is 0 Å². The summed E-state index contributed by atoms with van der Waals surface area (Å²) in [6.45, 7) is 2.97. The van der Waals surface area contributed by atoms with Crippen LogP contribution in [0.1, 0.15) is 24.1 Å². The molecule has 3 rings (SSSR count). The van der Waals surface area contributed by atoms with Gasteiger partial charge in [0, 0.05) is 18.7 Å². The van der Waals surface area contributed by atoms with Gasteiger partial charge in [0.05, 0.1) is 23.2 Å². The van der Waals surface area contributed by atoms with Crippen LogP contribution in [0.25, 0.3) is 5.76 Å². The van der Waals surface area contributed by atoms with E-state index in [9.17, 15) is 19.1 Å². The molecule has 1 atom stereocenters. The number of nitrogens with zero attached hydrogens (tertiary/aromatic N) is 2. The summed E-state index contributed by atoms with van der Waals surface area (Å²) < 4.78 is 19.4. The van der Waals surface area contributed by atoms with Gasteiger partial charge < -0.3 is 19.6 Å². The largest absolute Gasteiger partial charge is 0.507 e. The van der Waals surface area contributed by atoms with E-state index >= 15 is 0 Å². The minimum Gasteiger partial charge on any atom is -0.507 e. The number of likely N-dealkylation sites (N-methyl/N-ethyl adjacent to an activating group) is 1. The number of carbonyl (C=O) groups excluding carboxylic acids is 2. The van der Waals surface area contributed by atoms with E-state index in [1.54, 1.807) is 18.2 Å². The minimum atomic E-state index is -0.916. The zero-order valence-corrected chi connectivity index (χ0v) is 18.3. The summed E-state index contributed by atoms with van der Waals surface area (Å²) >= 11 is 6.24. The maximum atomic E-state index is 14.0. The molecular formula is C23H24ClFN2O4. The van der Waals surface area contributed by atoms with E-state index < -0.39 is 23.5 Å². The molecule has 1 unspecified atom stereocenters. The van der Waals surface area contributed by atoms with Crippen molar-refractivity contribution in [3.63, 3.8) is 0 Å². The Morgan fingerprint density at radius 3 is 2.58 bits per heavy atom. The van der Waals surface area contributed by atoms with Gasteiger partial charge in [-0.3, -0.25) is 9.59 Å². The zero-order chi connectivity index (χ0) is 22.7. The molecule has 1 aliphatic rings. The topological polar surface area (TPSA) is 70.1 Å². The fraction of sp³-hybridized carbons (Fsp3) is 0.304. The Balaban J connectivity index is 2.13. The van der Waals surface area contributed by atoms with E-state index in [1.165, 1.54) is 29.2 Å². The maximum absolute atomic E-state index is 14.0. The van der Waals surface area contributed by atoms with Crippen LogP contribution < -0.4 is 4.74 Å². The van der Waals surface area contributed by atoms with Crippen LogP contribution in [0.5, 0.6) is 5.75 Å². The lowest BCUT2D eigenvalue weighted by Crippen LogP contribution is -2.35. The van der Waals surface area contributed by atoms with Crippen LogP contribution in [0.3, 0.4) is 0 Å². The van der Waals surface area contributed by atoms with Crippen molar-refractivity contribution in [2.24, 2.45) is 0 Å². The summed E-state index contributed by atoms with van der Waals surface area (Å²) in [7, 11) is 3.69. The van der Waals surface area contributed by atoms with Gasteiger partial charge in [-0.15, -0.1) is 0 Å². The highest BCUT2D eigenvalue weighted by molar-refractivity contribution is 6.46. The summed E-state index contributed by atoms with van der Waals surface area (Å²) in [4.78, 5) is 29.0. The first kappa shape index (κ1) is 22.8. The highest BCUT2D eigenvalue weighted by atomic mass is 35.5. The second-order valence-corrected chi connectivity index (χ2v) is 7.84. The first-order valence-corrected chi connectivity index (χ1v) is 10.2. The average molecular weight is 447 g/mol. The molecule has 0 bridgehead atoms. The highest BCUT2D eigenvalue weighted by Gasteiger charge is 2.46. The van der Waals surface area contributed by atoms with Crippen molar-refractivity contribution < 1.29 is 23.8 Å². The number of ketones is 1. The van der Waals surface area contributed by atoms with Crippen LogP contribution in [0.4, 0.5) is 4.39 Å². The average Bonchev–Trinajstić information content (AvgIpc) is 2.98. The molecule has 0 radical (unpaired) electrons. The number of hydrogen-bond acceptors (Lipinski definition) is 5. The summed E-state index contributed by atoms with van der Waals surface area (Å²) in [6, 6.07) is 9.37. The van der Waals surface area contributed by atoms with E-state index in [1.807, 2.05) is 25.9 Å². The van der Waals surface area contributed by atoms with Crippen LogP contribution in [0, 0.1) is 5.82 Å². The molecule has 1 N–H and O–H groups in total. The molecule has 2 aromatic rings. The number of benzene rings is 2. The molecule has 0 aliphatic carbocycles. The van der Waals surface area contributed by atoms with Crippen molar-refractivity contribution in [3.8, 4) is 5.75 Å². The summed E-state index contributed by atoms with van der Waals surface area (Å²) in [6.07, 6.45) is 0. The third-order valence-electron chi connectivity index (χ3n) is 5.00. The first-order valence-electron chi connectivity index (χ1n) is 9.86. The molecule has 1 fully saturated rings. The maximum Gasteiger partial charge on any atom is 0.295 e. The number of aliphatic hydroxyl groups excluding tert-OH is 1. The zero-order valence-electron chi connectivity index (χ0n) is 17.6. The van der Waals surface area contributed by atoms with Gasteiger partial charge in [-0.2, -0.15) is 0 Å². The Kier molecular flexibility index (Phi) is 6.97. The van der Waals surface area contributed by atoms with Gasteiger partial charge in [-0.25, -0.2) is 4.39 Å². The number of carbonyl (C=O) groups is 2. The van der Waals surface area contributed by atoms with Gasteiger partial charge in [-0.1, -0.05) is 23.7 Å². The van der Waals surface area contributed by atoms with Gasteiger partial charge in [0.15, 0.2) is 0 Å². The van der Waals surface area contributed by atoms with Crippen LogP contribution in [0.15, 0.2) is 48.0 Å². The van der Waals surface area contributed by atoms with Crippen LogP contribution in [0.2, 0.25) is 5.02 Å². The van der Waals surface area contributed by atoms with Gasteiger partial charge in [0.25, 0.3) is 11.7 Å². The third-order valence-corrected chi connectivity index (χ3v) is 5.29. The molecule has 2 aromatic carbocycles. The van der Waals surface area contributed by atoms with Crippen molar-refractivity contribution >= 4 is 29.1 Å². The Morgan fingerprint density at radius 1 is 1.23 bits per heavy atom. The number of hydrogen-bond donors (Lipinski definition) is 1. The molecule has 0 saturated carbocycles. The fourth-order valence-corrected chi connectivity index (χ4v) is 3.75. The van der Waals surface area contributed by atoms with Gasteiger partial charge in [-0.05, 0) is 56.9 Å². The van der Waals surface area contributed by atoms with Gasteiger partial charge in [0.2, 0.25) is 0 Å². The minimum absolute atomic E-state index is 0.102. The summed E-state index contributed by atoms with van der Waals surface area (Å²) in [5.41, 5.74) is 0.562. The summed E-state index contributed by atoms with van der Waals surface area (Å²) in [5, 5.41) is 11.3. The molecule has 1 amide bonds. The van der Waals surface area contributed by atoms with Crippen molar-refractivity contribution in [2.45, 2.75) is 13.0 Å². The Hall–Kier alpha value is -2.90. The van der Waals surface area contributed by atoms with E-state index in [0.29, 0.717) is 24.5 Å². The van der Waals surface area contributed by atoms with Crippen LogP contribution in [-0.2, 0) is 9.59 Å². The van der Waals surface area contributed by atoms with Crippen molar-refractivity contribution in [2.75, 3.05) is 33.8 Å². The lowest BCUT2D eigenvalue weighted by molar-refractivity contribution is -0.140. The molecule has 0 spiro atoms. The Bertz CT molecular complexity index is 1040. The van der Waals surface area contributed by atoms with E-state index in [4.69, 9.17) is 16.3 Å².